The average molecular weight is 295 g/mol. The van der Waals surface area contributed by atoms with Gasteiger partial charge in [0.1, 0.15) is 0 Å². The molecule has 1 atom stereocenters. The summed E-state index contributed by atoms with van der Waals surface area (Å²) in [4.78, 5) is 2.17. The molecule has 0 saturated carbocycles. The van der Waals surface area contributed by atoms with Crippen LogP contribution in [-0.4, -0.2) is 48.7 Å². The predicted molar refractivity (Wildman–Crippen MR) is 78.5 cm³/mol. The van der Waals surface area contributed by atoms with Crippen LogP contribution in [-0.2, 0) is 15.9 Å². The van der Waals surface area contributed by atoms with Gasteiger partial charge in [0, 0.05) is 33.2 Å². The largest absolute Gasteiger partial charge is 0.408 e. The van der Waals surface area contributed by atoms with Crippen molar-refractivity contribution < 1.29 is 13.9 Å². The van der Waals surface area contributed by atoms with Gasteiger partial charge in [-0.3, -0.25) is 0 Å². The summed E-state index contributed by atoms with van der Waals surface area (Å²) in [6.07, 6.45) is 6.18. The molecule has 0 aliphatic carbocycles. The number of hydrogen-bond acceptors (Lipinski definition) is 6. The SMILES string of the molecule is CCCc1nnc(N2CCC3(CC2)OCCCC3OC)o1. The standard InChI is InChI=1S/C15H25N3O3/c1-3-5-13-16-17-14(21-13)18-9-7-15(8-10-18)12(19-2)6-4-11-20-15/h12H,3-11H2,1-2H3. The lowest BCUT2D eigenvalue weighted by molar-refractivity contribution is -0.175. The van der Waals surface area contributed by atoms with Crippen molar-refractivity contribution in [1.29, 1.82) is 0 Å². The van der Waals surface area contributed by atoms with Crippen molar-refractivity contribution in [2.75, 3.05) is 31.7 Å². The van der Waals surface area contributed by atoms with Crippen LogP contribution in [0.5, 0.6) is 0 Å². The van der Waals surface area contributed by atoms with E-state index < -0.39 is 0 Å². The third-order valence-electron chi connectivity index (χ3n) is 4.67. The Bertz CT molecular complexity index is 455. The van der Waals surface area contributed by atoms with E-state index in [-0.39, 0.29) is 11.7 Å². The topological polar surface area (TPSA) is 60.6 Å². The molecule has 0 radical (unpaired) electrons. The molecule has 2 aliphatic heterocycles. The van der Waals surface area contributed by atoms with Crippen molar-refractivity contribution in [1.82, 2.24) is 10.2 Å². The molecule has 6 heteroatoms. The lowest BCUT2D eigenvalue weighted by atomic mass is 9.82. The average Bonchev–Trinajstić information content (AvgIpc) is 2.98. The summed E-state index contributed by atoms with van der Waals surface area (Å²) in [5.74, 6) is 0.733. The molecule has 1 aromatic rings. The fourth-order valence-electron chi connectivity index (χ4n) is 3.46. The Morgan fingerprint density at radius 2 is 2.14 bits per heavy atom. The molecule has 0 N–H and O–H groups in total. The van der Waals surface area contributed by atoms with Crippen LogP contribution in [0.1, 0.15) is 44.9 Å². The van der Waals surface area contributed by atoms with E-state index in [0.29, 0.717) is 6.01 Å². The minimum absolute atomic E-state index is 0.115. The zero-order chi connectivity index (χ0) is 14.7. The van der Waals surface area contributed by atoms with Gasteiger partial charge in [-0.05, 0) is 32.1 Å². The van der Waals surface area contributed by atoms with Gasteiger partial charge in [-0.2, -0.15) is 0 Å². The highest BCUT2D eigenvalue weighted by Gasteiger charge is 2.45. The highest BCUT2D eigenvalue weighted by Crippen LogP contribution is 2.37. The summed E-state index contributed by atoms with van der Waals surface area (Å²) in [6, 6.07) is 0.651. The number of aromatic nitrogens is 2. The molecule has 0 amide bonds. The molecular weight excluding hydrogens is 270 g/mol. The summed E-state index contributed by atoms with van der Waals surface area (Å²) in [5.41, 5.74) is -0.115. The van der Waals surface area contributed by atoms with E-state index in [2.05, 4.69) is 22.0 Å². The molecule has 1 aromatic heterocycles. The molecule has 0 aromatic carbocycles. The second-order valence-electron chi connectivity index (χ2n) is 6.00. The maximum atomic E-state index is 6.12. The van der Waals surface area contributed by atoms with Crippen LogP contribution >= 0.6 is 0 Å². The van der Waals surface area contributed by atoms with E-state index in [1.54, 1.807) is 7.11 Å². The van der Waals surface area contributed by atoms with Gasteiger partial charge in [-0.15, -0.1) is 5.10 Å². The van der Waals surface area contributed by atoms with Crippen molar-refractivity contribution in [2.24, 2.45) is 0 Å². The molecule has 2 aliphatic rings. The number of nitrogens with zero attached hydrogens (tertiary/aromatic N) is 3. The first-order valence-corrected chi connectivity index (χ1v) is 8.01. The Morgan fingerprint density at radius 1 is 1.33 bits per heavy atom. The summed E-state index contributed by atoms with van der Waals surface area (Å²) in [6.45, 7) is 4.72. The van der Waals surface area contributed by atoms with Crippen LogP contribution in [0.15, 0.2) is 4.42 Å². The van der Waals surface area contributed by atoms with E-state index >= 15 is 0 Å². The molecule has 3 rings (SSSR count). The number of hydrogen-bond donors (Lipinski definition) is 0. The maximum absolute atomic E-state index is 6.12. The summed E-state index contributed by atoms with van der Waals surface area (Å²) in [7, 11) is 1.79. The van der Waals surface area contributed by atoms with Gasteiger partial charge in [0.15, 0.2) is 0 Å². The third-order valence-corrected chi connectivity index (χ3v) is 4.67. The Morgan fingerprint density at radius 3 is 2.86 bits per heavy atom. The van der Waals surface area contributed by atoms with Crippen LogP contribution < -0.4 is 4.90 Å². The zero-order valence-electron chi connectivity index (χ0n) is 13.0. The lowest BCUT2D eigenvalue weighted by Crippen LogP contribution is -2.56. The second kappa shape index (κ2) is 6.32. The first kappa shape index (κ1) is 14.8. The first-order valence-electron chi connectivity index (χ1n) is 8.01. The van der Waals surface area contributed by atoms with E-state index in [1.165, 1.54) is 0 Å². The van der Waals surface area contributed by atoms with Crippen LogP contribution in [0, 0.1) is 0 Å². The molecule has 1 spiro atoms. The van der Waals surface area contributed by atoms with Crippen molar-refractivity contribution in [3.63, 3.8) is 0 Å². The fourth-order valence-corrected chi connectivity index (χ4v) is 3.46. The number of rotatable bonds is 4. The minimum Gasteiger partial charge on any atom is -0.408 e. The summed E-state index contributed by atoms with van der Waals surface area (Å²) in [5, 5.41) is 8.27. The first-order chi connectivity index (χ1) is 10.3. The number of methoxy groups -OCH3 is 1. The Labute approximate surface area is 125 Å². The van der Waals surface area contributed by atoms with Gasteiger partial charge in [-0.1, -0.05) is 12.0 Å². The second-order valence-corrected chi connectivity index (χ2v) is 6.00. The highest BCUT2D eigenvalue weighted by molar-refractivity contribution is 5.26. The molecule has 2 saturated heterocycles. The number of piperidine rings is 1. The predicted octanol–water partition coefficient (Wildman–Crippen LogP) is 2.19. The van der Waals surface area contributed by atoms with Crippen molar-refractivity contribution >= 4 is 6.01 Å². The molecular formula is C15H25N3O3. The van der Waals surface area contributed by atoms with Gasteiger partial charge in [0.05, 0.1) is 11.7 Å². The smallest absolute Gasteiger partial charge is 0.318 e. The van der Waals surface area contributed by atoms with Crippen molar-refractivity contribution in [3.05, 3.63) is 5.89 Å². The molecule has 3 heterocycles. The van der Waals surface area contributed by atoms with Gasteiger partial charge in [-0.25, -0.2) is 0 Å². The van der Waals surface area contributed by atoms with E-state index in [1.807, 2.05) is 0 Å². The molecule has 2 fully saturated rings. The van der Waals surface area contributed by atoms with Gasteiger partial charge in [0.2, 0.25) is 5.89 Å². The van der Waals surface area contributed by atoms with Crippen LogP contribution in [0.25, 0.3) is 0 Å². The zero-order valence-corrected chi connectivity index (χ0v) is 13.0. The Hall–Kier alpha value is -1.14. The van der Waals surface area contributed by atoms with E-state index in [0.717, 1.165) is 64.1 Å². The summed E-state index contributed by atoms with van der Waals surface area (Å²) < 4.78 is 17.5. The molecule has 1 unspecified atom stereocenters. The highest BCUT2D eigenvalue weighted by atomic mass is 16.5. The molecule has 21 heavy (non-hydrogen) atoms. The van der Waals surface area contributed by atoms with Crippen LogP contribution in [0.3, 0.4) is 0 Å². The van der Waals surface area contributed by atoms with Crippen molar-refractivity contribution in [3.8, 4) is 0 Å². The van der Waals surface area contributed by atoms with Crippen LogP contribution in [0.2, 0.25) is 0 Å². The molecule has 118 valence electrons. The third kappa shape index (κ3) is 2.92. The summed E-state index contributed by atoms with van der Waals surface area (Å²) >= 11 is 0. The van der Waals surface area contributed by atoms with Gasteiger partial charge < -0.3 is 18.8 Å². The quantitative estimate of drug-likeness (QED) is 0.848. The van der Waals surface area contributed by atoms with Crippen molar-refractivity contribution in [2.45, 2.75) is 57.2 Å². The Balaban J connectivity index is 1.63. The maximum Gasteiger partial charge on any atom is 0.318 e. The Kier molecular flexibility index (Phi) is 4.45. The molecule has 0 bridgehead atoms. The fraction of sp³-hybridized carbons (Fsp3) is 0.867. The van der Waals surface area contributed by atoms with Gasteiger partial charge >= 0.3 is 6.01 Å². The number of ether oxygens (including phenoxy) is 2. The minimum atomic E-state index is -0.115. The van der Waals surface area contributed by atoms with E-state index in [4.69, 9.17) is 13.9 Å². The normalized spacial score (nSPS) is 25.4. The van der Waals surface area contributed by atoms with Gasteiger partial charge in [0.25, 0.3) is 0 Å². The number of anilines is 1. The van der Waals surface area contributed by atoms with E-state index in [9.17, 15) is 0 Å². The lowest BCUT2D eigenvalue weighted by Gasteiger charge is -2.47. The monoisotopic (exact) mass is 295 g/mol. The van der Waals surface area contributed by atoms with Crippen LogP contribution in [0.4, 0.5) is 6.01 Å². The molecule has 6 nitrogen and oxygen atoms in total. The number of aryl methyl sites for hydroxylation is 1.